The van der Waals surface area contributed by atoms with Crippen LogP contribution in [0.15, 0.2) is 66.7 Å². The number of nitrogens with one attached hydrogen (secondary N) is 1. The number of benzene rings is 3. The smallest absolute Gasteiger partial charge is 0.249 e. The van der Waals surface area contributed by atoms with Crippen LogP contribution in [-0.4, -0.2) is 46.1 Å². The summed E-state index contributed by atoms with van der Waals surface area (Å²) in [5.41, 5.74) is 3.91. The number of halogens is 1. The number of ether oxygens (including phenoxy) is 1. The van der Waals surface area contributed by atoms with Crippen molar-refractivity contribution in [3.05, 3.63) is 89.2 Å². The zero-order valence-corrected chi connectivity index (χ0v) is 21.4. The maximum atomic E-state index is 15.2. The lowest BCUT2D eigenvalue weighted by Crippen LogP contribution is -2.47. The summed E-state index contributed by atoms with van der Waals surface area (Å²) in [6.45, 7) is 4.65. The fourth-order valence-electron chi connectivity index (χ4n) is 4.76. The normalized spacial score (nSPS) is 15.9. The molecule has 38 heavy (non-hydrogen) atoms. The maximum Gasteiger partial charge on any atom is 0.249 e. The van der Waals surface area contributed by atoms with Crippen molar-refractivity contribution >= 4 is 28.5 Å². The second kappa shape index (κ2) is 11.1. The lowest BCUT2D eigenvalue weighted by atomic mass is 10.0. The summed E-state index contributed by atoms with van der Waals surface area (Å²) >= 11 is 0. The first-order valence-corrected chi connectivity index (χ1v) is 12.7. The van der Waals surface area contributed by atoms with E-state index >= 15 is 4.39 Å². The number of carbonyl (C=O) groups is 2. The van der Waals surface area contributed by atoms with Crippen LogP contribution in [0.5, 0.6) is 0 Å². The van der Waals surface area contributed by atoms with Gasteiger partial charge in [-0.15, -0.1) is 5.10 Å². The predicted octanol–water partition coefficient (Wildman–Crippen LogP) is 4.26. The number of rotatable bonds is 8. The van der Waals surface area contributed by atoms with Crippen molar-refractivity contribution in [2.24, 2.45) is 0 Å². The molecule has 196 valence electrons. The minimum atomic E-state index is -1.25. The fourth-order valence-corrected chi connectivity index (χ4v) is 4.76. The molecule has 2 heterocycles. The van der Waals surface area contributed by atoms with Gasteiger partial charge in [0.2, 0.25) is 11.8 Å². The summed E-state index contributed by atoms with van der Waals surface area (Å²) in [7, 11) is 0. The minimum absolute atomic E-state index is 0.104. The number of para-hydroxylation sites is 1. The lowest BCUT2D eigenvalue weighted by Gasteiger charge is -2.32. The van der Waals surface area contributed by atoms with Gasteiger partial charge in [-0.05, 0) is 68.1 Å². The van der Waals surface area contributed by atoms with Gasteiger partial charge >= 0.3 is 0 Å². The van der Waals surface area contributed by atoms with Gasteiger partial charge in [0.1, 0.15) is 23.9 Å². The Bertz CT molecular complexity index is 1460. The molecular weight excluding hydrogens is 485 g/mol. The van der Waals surface area contributed by atoms with Crippen LogP contribution < -0.4 is 10.2 Å². The molecule has 1 saturated heterocycles. The molecule has 1 N–H and O–H groups in total. The molecule has 1 fully saturated rings. The highest BCUT2D eigenvalue weighted by Gasteiger charge is 2.35. The van der Waals surface area contributed by atoms with Gasteiger partial charge in [0.15, 0.2) is 0 Å². The van der Waals surface area contributed by atoms with Crippen LogP contribution in [0, 0.1) is 19.7 Å². The van der Waals surface area contributed by atoms with Gasteiger partial charge in [0.05, 0.1) is 11.6 Å². The Morgan fingerprint density at radius 1 is 1.11 bits per heavy atom. The van der Waals surface area contributed by atoms with E-state index < -0.39 is 23.7 Å². The standard InChI is InChI=1S/C29H30FN5O3/c1-19-13-14-21(16-20(19)2)35(27(36)18-34-26-12-6-5-11-25(26)32-33-34)28(23-9-3-4-10-24(23)30)29(37)31-17-22-8-7-15-38-22/h3-6,9-14,16,22,28H,7-8,15,17-18H2,1-2H3,(H,31,37)/t22-,28-/m1/s1. The third-order valence-electron chi connectivity index (χ3n) is 6.98. The van der Waals surface area contributed by atoms with Crippen LogP contribution in [0.4, 0.5) is 10.1 Å². The van der Waals surface area contributed by atoms with Crippen molar-refractivity contribution in [1.29, 1.82) is 0 Å². The molecule has 0 aliphatic carbocycles. The number of carbonyl (C=O) groups excluding carboxylic acids is 2. The Balaban J connectivity index is 1.57. The van der Waals surface area contributed by atoms with E-state index in [0.29, 0.717) is 23.3 Å². The Hall–Kier alpha value is -4.11. The molecule has 9 heteroatoms. The highest BCUT2D eigenvalue weighted by Crippen LogP contribution is 2.31. The maximum absolute atomic E-state index is 15.2. The van der Waals surface area contributed by atoms with E-state index in [1.807, 2.05) is 50.2 Å². The van der Waals surface area contributed by atoms with E-state index in [1.165, 1.54) is 21.7 Å². The molecule has 1 aromatic heterocycles. The summed E-state index contributed by atoms with van der Waals surface area (Å²) in [5, 5.41) is 11.2. The van der Waals surface area contributed by atoms with Crippen LogP contribution in [0.25, 0.3) is 11.0 Å². The summed E-state index contributed by atoms with van der Waals surface area (Å²) in [6.07, 6.45) is 1.66. The number of hydrogen-bond donors (Lipinski definition) is 1. The Morgan fingerprint density at radius 3 is 2.66 bits per heavy atom. The molecule has 0 bridgehead atoms. The quantitative estimate of drug-likeness (QED) is 0.379. The Kier molecular flexibility index (Phi) is 7.46. The molecule has 0 radical (unpaired) electrons. The Morgan fingerprint density at radius 2 is 1.89 bits per heavy atom. The first-order valence-electron chi connectivity index (χ1n) is 12.7. The van der Waals surface area contributed by atoms with Crippen molar-refractivity contribution in [2.75, 3.05) is 18.1 Å². The number of aromatic nitrogens is 3. The van der Waals surface area contributed by atoms with Crippen LogP contribution >= 0.6 is 0 Å². The van der Waals surface area contributed by atoms with Gasteiger partial charge in [0, 0.05) is 24.4 Å². The number of anilines is 1. The molecule has 0 spiro atoms. The van der Waals surface area contributed by atoms with Crippen LogP contribution in [0.1, 0.15) is 35.6 Å². The molecule has 2 amide bonds. The molecule has 1 aliphatic heterocycles. The molecule has 2 atom stereocenters. The molecule has 0 unspecified atom stereocenters. The number of hydrogen-bond acceptors (Lipinski definition) is 5. The van der Waals surface area contributed by atoms with Crippen molar-refractivity contribution in [1.82, 2.24) is 20.3 Å². The van der Waals surface area contributed by atoms with Crippen molar-refractivity contribution in [3.8, 4) is 0 Å². The molecule has 5 rings (SSSR count). The number of aryl methyl sites for hydroxylation is 2. The van der Waals surface area contributed by atoms with Gasteiger partial charge in [-0.1, -0.05) is 41.6 Å². The van der Waals surface area contributed by atoms with Gasteiger partial charge in [-0.25, -0.2) is 9.07 Å². The third kappa shape index (κ3) is 5.28. The largest absolute Gasteiger partial charge is 0.376 e. The summed E-state index contributed by atoms with van der Waals surface area (Å²) < 4.78 is 22.4. The van der Waals surface area contributed by atoms with Crippen molar-refractivity contribution in [3.63, 3.8) is 0 Å². The van der Waals surface area contributed by atoms with E-state index in [2.05, 4.69) is 15.6 Å². The minimum Gasteiger partial charge on any atom is -0.376 e. The van der Waals surface area contributed by atoms with E-state index in [-0.39, 0.29) is 24.8 Å². The average molecular weight is 516 g/mol. The summed E-state index contributed by atoms with van der Waals surface area (Å²) in [5.74, 6) is -1.48. The van der Waals surface area contributed by atoms with Gasteiger partial charge < -0.3 is 10.1 Å². The molecule has 0 saturated carbocycles. The first kappa shape index (κ1) is 25.5. The SMILES string of the molecule is Cc1ccc(N(C(=O)Cn2nnc3ccccc32)[C@@H](C(=O)NC[C@H]2CCCO2)c2ccccc2F)cc1C. The number of fused-ring (bicyclic) bond motifs is 1. The zero-order valence-electron chi connectivity index (χ0n) is 21.4. The highest BCUT2D eigenvalue weighted by atomic mass is 19.1. The second-order valence-electron chi connectivity index (χ2n) is 9.57. The molecule has 1 aliphatic rings. The summed E-state index contributed by atoms with van der Waals surface area (Å²) in [4.78, 5) is 29.2. The van der Waals surface area contributed by atoms with Crippen molar-refractivity contribution in [2.45, 2.75) is 45.4 Å². The van der Waals surface area contributed by atoms with E-state index in [4.69, 9.17) is 4.74 Å². The molecule has 3 aromatic carbocycles. The number of nitrogens with zero attached hydrogens (tertiary/aromatic N) is 4. The third-order valence-corrected chi connectivity index (χ3v) is 6.98. The van der Waals surface area contributed by atoms with Gasteiger partial charge in [-0.2, -0.15) is 0 Å². The highest BCUT2D eigenvalue weighted by molar-refractivity contribution is 6.01. The van der Waals surface area contributed by atoms with Gasteiger partial charge in [-0.3, -0.25) is 14.5 Å². The fraction of sp³-hybridized carbons (Fsp3) is 0.310. The number of amides is 2. The lowest BCUT2D eigenvalue weighted by molar-refractivity contribution is -0.127. The zero-order chi connectivity index (χ0) is 26.6. The van der Waals surface area contributed by atoms with E-state index in [0.717, 1.165) is 24.0 Å². The predicted molar refractivity (Wildman–Crippen MR) is 142 cm³/mol. The van der Waals surface area contributed by atoms with Gasteiger partial charge in [0.25, 0.3) is 0 Å². The first-order chi connectivity index (χ1) is 18.4. The topological polar surface area (TPSA) is 89.4 Å². The van der Waals surface area contributed by atoms with Crippen LogP contribution in [0.2, 0.25) is 0 Å². The van der Waals surface area contributed by atoms with E-state index in [9.17, 15) is 9.59 Å². The van der Waals surface area contributed by atoms with Crippen LogP contribution in [0.3, 0.4) is 0 Å². The monoisotopic (exact) mass is 515 g/mol. The summed E-state index contributed by atoms with van der Waals surface area (Å²) in [6, 6.07) is 17.6. The van der Waals surface area contributed by atoms with Crippen LogP contribution in [-0.2, 0) is 20.9 Å². The van der Waals surface area contributed by atoms with E-state index in [1.54, 1.807) is 18.2 Å². The second-order valence-corrected chi connectivity index (χ2v) is 9.57. The molecule has 4 aromatic rings. The Labute approximate surface area is 220 Å². The molecular formula is C29H30FN5O3. The molecule has 8 nitrogen and oxygen atoms in total. The average Bonchev–Trinajstić information content (AvgIpc) is 3.58. The van der Waals surface area contributed by atoms with Crippen molar-refractivity contribution < 1.29 is 18.7 Å².